The van der Waals surface area contributed by atoms with E-state index in [9.17, 15) is 9.18 Å². The molecule has 2 aromatic heterocycles. The second-order valence-corrected chi connectivity index (χ2v) is 3.64. The zero-order chi connectivity index (χ0) is 10.1. The van der Waals surface area contributed by atoms with Crippen LogP contribution in [0.2, 0.25) is 0 Å². The molecular weight excluding hydrogens is 205 g/mol. The third-order valence-electron chi connectivity index (χ3n) is 1.50. The third kappa shape index (κ3) is 1.69. The fourth-order valence-corrected chi connectivity index (χ4v) is 1.87. The number of carbonyl (C=O) groups is 1. The molecule has 1 N–H and O–H groups in total. The zero-order valence-corrected chi connectivity index (χ0v) is 8.06. The Bertz CT molecular complexity index is 496. The number of rotatable bonds is 1. The molecule has 0 aliphatic heterocycles. The van der Waals surface area contributed by atoms with Gasteiger partial charge in [-0.2, -0.15) is 4.39 Å². The van der Waals surface area contributed by atoms with Crippen LogP contribution in [0.1, 0.15) is 6.92 Å². The summed E-state index contributed by atoms with van der Waals surface area (Å²) < 4.78 is 12.7. The lowest BCUT2D eigenvalue weighted by atomic mass is 10.4. The molecule has 0 bridgehead atoms. The number of thiazole rings is 1. The van der Waals surface area contributed by atoms with Gasteiger partial charge in [-0.25, -0.2) is 9.97 Å². The summed E-state index contributed by atoms with van der Waals surface area (Å²) in [6.45, 7) is 1.39. The number of anilines is 1. The van der Waals surface area contributed by atoms with Crippen molar-refractivity contribution in [2.24, 2.45) is 0 Å². The summed E-state index contributed by atoms with van der Waals surface area (Å²) in [5.41, 5.74) is 0.583. The maximum Gasteiger partial charge on any atom is 0.223 e. The molecule has 1 amide bonds. The molecular formula is C8H6FN3OS. The van der Waals surface area contributed by atoms with Crippen molar-refractivity contribution in [3.05, 3.63) is 18.1 Å². The van der Waals surface area contributed by atoms with Crippen LogP contribution in [-0.2, 0) is 4.79 Å². The van der Waals surface area contributed by atoms with E-state index in [1.54, 1.807) is 0 Å². The van der Waals surface area contributed by atoms with Crippen molar-refractivity contribution >= 4 is 32.7 Å². The summed E-state index contributed by atoms with van der Waals surface area (Å²) in [6.07, 6.45) is 0. The minimum Gasteiger partial charge on any atom is -0.302 e. The highest BCUT2D eigenvalue weighted by Crippen LogP contribution is 2.23. The number of aromatic nitrogens is 2. The van der Waals surface area contributed by atoms with Crippen LogP contribution in [0.15, 0.2) is 12.1 Å². The number of hydrogen-bond acceptors (Lipinski definition) is 4. The topological polar surface area (TPSA) is 54.9 Å². The van der Waals surface area contributed by atoms with Crippen molar-refractivity contribution in [3.8, 4) is 0 Å². The minimum absolute atomic E-state index is 0.204. The quantitative estimate of drug-likeness (QED) is 0.731. The van der Waals surface area contributed by atoms with Gasteiger partial charge in [0.25, 0.3) is 0 Å². The summed E-state index contributed by atoms with van der Waals surface area (Å²) in [7, 11) is 0. The van der Waals surface area contributed by atoms with E-state index in [0.29, 0.717) is 15.5 Å². The molecule has 2 heterocycles. The van der Waals surface area contributed by atoms with Gasteiger partial charge in [-0.15, -0.1) is 0 Å². The number of amides is 1. The molecule has 14 heavy (non-hydrogen) atoms. The van der Waals surface area contributed by atoms with Crippen LogP contribution in [0.4, 0.5) is 9.52 Å². The van der Waals surface area contributed by atoms with Crippen LogP contribution >= 0.6 is 11.3 Å². The van der Waals surface area contributed by atoms with Crippen molar-refractivity contribution < 1.29 is 9.18 Å². The average molecular weight is 211 g/mol. The summed E-state index contributed by atoms with van der Waals surface area (Å²) >= 11 is 1.15. The number of pyridine rings is 1. The van der Waals surface area contributed by atoms with Crippen LogP contribution < -0.4 is 5.32 Å². The van der Waals surface area contributed by atoms with Gasteiger partial charge in [0.1, 0.15) is 10.3 Å². The van der Waals surface area contributed by atoms with Gasteiger partial charge in [-0.3, -0.25) is 4.79 Å². The van der Waals surface area contributed by atoms with Gasteiger partial charge in [-0.05, 0) is 12.1 Å². The second kappa shape index (κ2) is 3.30. The van der Waals surface area contributed by atoms with Crippen LogP contribution in [0, 0.1) is 5.95 Å². The normalized spacial score (nSPS) is 10.4. The molecule has 72 valence electrons. The average Bonchev–Trinajstić information content (AvgIpc) is 2.44. The largest absolute Gasteiger partial charge is 0.302 e. The molecule has 0 aromatic carbocycles. The lowest BCUT2D eigenvalue weighted by molar-refractivity contribution is -0.114. The number of fused-ring (bicyclic) bond motifs is 1. The number of nitrogens with one attached hydrogen (secondary N) is 1. The highest BCUT2D eigenvalue weighted by atomic mass is 32.1. The fraction of sp³-hybridized carbons (Fsp3) is 0.125. The minimum atomic E-state index is -0.546. The van der Waals surface area contributed by atoms with Crippen molar-refractivity contribution in [1.29, 1.82) is 0 Å². The molecule has 2 aromatic rings. The number of nitrogens with zero attached hydrogens (tertiary/aromatic N) is 2. The van der Waals surface area contributed by atoms with Crippen LogP contribution in [0.25, 0.3) is 10.3 Å². The Balaban J connectivity index is 2.46. The third-order valence-corrected chi connectivity index (χ3v) is 2.38. The monoisotopic (exact) mass is 211 g/mol. The van der Waals surface area contributed by atoms with E-state index in [-0.39, 0.29) is 5.91 Å². The van der Waals surface area contributed by atoms with Gasteiger partial charge in [0.05, 0.1) is 0 Å². The molecule has 0 aliphatic carbocycles. The standard InChI is InChI=1S/C8H6FN3OS/c1-4(13)10-8-11-5-2-3-6(9)12-7(5)14-8/h2-3H,1H3,(H,10,11,13). The SMILES string of the molecule is CC(=O)Nc1nc2ccc(F)nc2s1. The molecule has 0 atom stereocenters. The Morgan fingerprint density at radius 3 is 3.00 bits per heavy atom. The van der Waals surface area contributed by atoms with E-state index in [2.05, 4.69) is 15.3 Å². The predicted molar refractivity (Wildman–Crippen MR) is 51.7 cm³/mol. The first-order valence-corrected chi connectivity index (χ1v) is 4.67. The molecule has 2 rings (SSSR count). The van der Waals surface area contributed by atoms with Crippen molar-refractivity contribution in [1.82, 2.24) is 9.97 Å². The summed E-state index contributed by atoms with van der Waals surface area (Å²) in [5, 5.41) is 2.96. The Morgan fingerprint density at radius 1 is 1.50 bits per heavy atom. The fourth-order valence-electron chi connectivity index (χ4n) is 0.999. The first-order chi connectivity index (χ1) is 6.65. The van der Waals surface area contributed by atoms with Crippen LogP contribution in [-0.4, -0.2) is 15.9 Å². The van der Waals surface area contributed by atoms with Crippen molar-refractivity contribution in [3.63, 3.8) is 0 Å². The van der Waals surface area contributed by atoms with E-state index < -0.39 is 5.95 Å². The van der Waals surface area contributed by atoms with Gasteiger partial charge >= 0.3 is 0 Å². The Labute approximate surface area is 82.8 Å². The van der Waals surface area contributed by atoms with Crippen molar-refractivity contribution in [2.45, 2.75) is 6.92 Å². The van der Waals surface area contributed by atoms with E-state index in [1.807, 2.05) is 0 Å². The summed E-state index contributed by atoms with van der Waals surface area (Å²) in [4.78, 5) is 18.9. The maximum atomic E-state index is 12.7. The van der Waals surface area contributed by atoms with Gasteiger partial charge < -0.3 is 5.32 Å². The molecule has 0 saturated heterocycles. The van der Waals surface area contributed by atoms with Gasteiger partial charge in [0.15, 0.2) is 5.13 Å². The maximum absolute atomic E-state index is 12.7. The Morgan fingerprint density at radius 2 is 2.29 bits per heavy atom. The van der Waals surface area contributed by atoms with Gasteiger partial charge in [0, 0.05) is 6.92 Å². The Hall–Kier alpha value is -1.56. The van der Waals surface area contributed by atoms with Crippen molar-refractivity contribution in [2.75, 3.05) is 5.32 Å². The lowest BCUT2D eigenvalue weighted by Crippen LogP contribution is -2.04. The smallest absolute Gasteiger partial charge is 0.223 e. The molecule has 0 spiro atoms. The summed E-state index contributed by atoms with van der Waals surface area (Å²) in [5.74, 6) is -0.750. The second-order valence-electron chi connectivity index (χ2n) is 2.66. The number of carbonyl (C=O) groups excluding carboxylic acids is 1. The van der Waals surface area contributed by atoms with E-state index in [1.165, 1.54) is 19.1 Å². The highest BCUT2D eigenvalue weighted by Gasteiger charge is 2.06. The van der Waals surface area contributed by atoms with E-state index in [0.717, 1.165) is 11.3 Å². The molecule has 0 fully saturated rings. The molecule has 0 radical (unpaired) electrons. The first kappa shape index (κ1) is 9.01. The van der Waals surface area contributed by atoms with Crippen LogP contribution in [0.5, 0.6) is 0 Å². The summed E-state index contributed by atoms with van der Waals surface area (Å²) in [6, 6.07) is 2.76. The number of hydrogen-bond donors (Lipinski definition) is 1. The van der Waals surface area contributed by atoms with E-state index in [4.69, 9.17) is 0 Å². The lowest BCUT2D eigenvalue weighted by Gasteiger charge is -1.91. The predicted octanol–water partition coefficient (Wildman–Crippen LogP) is 1.79. The van der Waals surface area contributed by atoms with Crippen LogP contribution in [0.3, 0.4) is 0 Å². The molecule has 6 heteroatoms. The van der Waals surface area contributed by atoms with E-state index >= 15 is 0 Å². The highest BCUT2D eigenvalue weighted by molar-refractivity contribution is 7.21. The van der Waals surface area contributed by atoms with Gasteiger partial charge in [0.2, 0.25) is 11.9 Å². The molecule has 0 saturated carbocycles. The molecule has 0 unspecified atom stereocenters. The van der Waals surface area contributed by atoms with Gasteiger partial charge in [-0.1, -0.05) is 11.3 Å². The number of halogens is 1. The molecule has 0 aliphatic rings. The Kier molecular flexibility index (Phi) is 2.12. The first-order valence-electron chi connectivity index (χ1n) is 3.86. The molecule has 4 nitrogen and oxygen atoms in total. The zero-order valence-electron chi connectivity index (χ0n) is 7.24.